The number of amides is 1. The van der Waals surface area contributed by atoms with Crippen LogP contribution in [-0.4, -0.2) is 5.91 Å². The van der Waals surface area contributed by atoms with E-state index in [1.54, 1.807) is 23.9 Å². The van der Waals surface area contributed by atoms with Gasteiger partial charge in [0, 0.05) is 21.0 Å². The van der Waals surface area contributed by atoms with Crippen LogP contribution in [0.5, 0.6) is 0 Å². The molecule has 0 unspecified atom stereocenters. The summed E-state index contributed by atoms with van der Waals surface area (Å²) in [7, 11) is 0. The second-order valence-electron chi connectivity index (χ2n) is 5.80. The van der Waals surface area contributed by atoms with Crippen molar-refractivity contribution in [2.24, 2.45) is 0 Å². The number of carbonyl (C=O) groups is 1. The number of nitriles is 1. The van der Waals surface area contributed by atoms with Crippen molar-refractivity contribution in [1.82, 2.24) is 0 Å². The van der Waals surface area contributed by atoms with Crippen molar-refractivity contribution in [3.8, 4) is 6.07 Å². The Labute approximate surface area is 183 Å². The molecule has 0 bridgehead atoms. The molecule has 0 aliphatic heterocycles. The summed E-state index contributed by atoms with van der Waals surface area (Å²) in [6.07, 6.45) is 1.37. The molecule has 29 heavy (non-hydrogen) atoms. The van der Waals surface area contributed by atoms with Gasteiger partial charge in [-0.15, -0.1) is 0 Å². The van der Waals surface area contributed by atoms with Crippen molar-refractivity contribution >= 4 is 52.2 Å². The summed E-state index contributed by atoms with van der Waals surface area (Å²) in [5, 5.41) is 15.8. The number of nitrogens with one attached hydrogen (secondary N) is 2. The Morgan fingerprint density at radius 2 is 1.69 bits per heavy atom. The van der Waals surface area contributed by atoms with Crippen molar-refractivity contribution in [2.45, 2.75) is 9.79 Å². The number of benzene rings is 3. The quantitative estimate of drug-likeness (QED) is 0.335. The third kappa shape index (κ3) is 5.78. The van der Waals surface area contributed by atoms with Gasteiger partial charge in [-0.25, -0.2) is 0 Å². The summed E-state index contributed by atoms with van der Waals surface area (Å²) in [6.45, 7) is 0. The molecule has 7 heteroatoms. The average molecular weight is 440 g/mol. The molecule has 0 saturated carbocycles. The molecule has 3 aromatic rings. The summed E-state index contributed by atoms with van der Waals surface area (Å²) < 4.78 is 0. The van der Waals surface area contributed by atoms with Gasteiger partial charge in [-0.05, 0) is 42.5 Å². The largest absolute Gasteiger partial charge is 0.359 e. The van der Waals surface area contributed by atoms with Crippen LogP contribution in [0.2, 0.25) is 10.0 Å². The molecule has 0 heterocycles. The van der Waals surface area contributed by atoms with E-state index in [9.17, 15) is 10.1 Å². The van der Waals surface area contributed by atoms with Gasteiger partial charge in [0.05, 0.1) is 16.4 Å². The highest BCUT2D eigenvalue weighted by Crippen LogP contribution is 2.33. The predicted molar refractivity (Wildman–Crippen MR) is 119 cm³/mol. The average Bonchev–Trinajstić information content (AvgIpc) is 2.73. The number of hydrogen-bond acceptors (Lipinski definition) is 4. The first-order valence-electron chi connectivity index (χ1n) is 8.52. The van der Waals surface area contributed by atoms with E-state index in [-0.39, 0.29) is 5.57 Å². The smallest absolute Gasteiger partial charge is 0.267 e. The first-order valence-corrected chi connectivity index (χ1v) is 10.1. The summed E-state index contributed by atoms with van der Waals surface area (Å²) in [5.41, 5.74) is 1.02. The third-order valence-corrected chi connectivity index (χ3v) is 5.42. The highest BCUT2D eigenvalue weighted by Gasteiger charge is 2.12. The van der Waals surface area contributed by atoms with Gasteiger partial charge in [0.2, 0.25) is 0 Å². The highest BCUT2D eigenvalue weighted by molar-refractivity contribution is 7.99. The molecular formula is C22H15Cl2N3OS. The molecular weight excluding hydrogens is 425 g/mol. The number of carbonyl (C=O) groups excluding carboxylic acids is 1. The van der Waals surface area contributed by atoms with E-state index >= 15 is 0 Å². The van der Waals surface area contributed by atoms with Gasteiger partial charge in [-0.2, -0.15) is 5.26 Å². The lowest BCUT2D eigenvalue weighted by atomic mass is 10.2. The fourth-order valence-electron chi connectivity index (χ4n) is 2.37. The maximum absolute atomic E-state index is 12.5. The maximum atomic E-state index is 12.5. The van der Waals surface area contributed by atoms with Crippen molar-refractivity contribution in [2.75, 3.05) is 10.6 Å². The molecule has 4 nitrogen and oxygen atoms in total. The Kier molecular flexibility index (Phi) is 7.20. The SMILES string of the molecule is N#C/C(=C/Nc1ccccc1Sc1ccccc1)C(=O)Nc1cc(Cl)ccc1Cl. The molecule has 0 aliphatic carbocycles. The molecule has 0 radical (unpaired) electrons. The molecule has 3 aromatic carbocycles. The normalized spacial score (nSPS) is 10.9. The topological polar surface area (TPSA) is 64.9 Å². The van der Waals surface area contributed by atoms with Crippen LogP contribution in [0, 0.1) is 11.3 Å². The minimum atomic E-state index is -0.586. The van der Waals surface area contributed by atoms with Gasteiger partial charge in [0.25, 0.3) is 5.91 Å². The fourth-order valence-corrected chi connectivity index (χ4v) is 3.64. The fraction of sp³-hybridized carbons (Fsp3) is 0. The Balaban J connectivity index is 1.76. The van der Waals surface area contributed by atoms with E-state index in [0.29, 0.717) is 15.7 Å². The van der Waals surface area contributed by atoms with Gasteiger partial charge >= 0.3 is 0 Å². The van der Waals surface area contributed by atoms with Crippen LogP contribution in [-0.2, 0) is 4.79 Å². The lowest BCUT2D eigenvalue weighted by Crippen LogP contribution is -2.15. The zero-order valence-corrected chi connectivity index (χ0v) is 17.4. The van der Waals surface area contributed by atoms with Gasteiger partial charge < -0.3 is 10.6 Å². The third-order valence-electron chi connectivity index (χ3n) is 3.77. The highest BCUT2D eigenvalue weighted by atomic mass is 35.5. The molecule has 144 valence electrons. The maximum Gasteiger partial charge on any atom is 0.267 e. The second-order valence-corrected chi connectivity index (χ2v) is 7.76. The Bertz CT molecular complexity index is 1090. The number of anilines is 2. The molecule has 0 spiro atoms. The van der Waals surface area contributed by atoms with Crippen molar-refractivity contribution in [3.63, 3.8) is 0 Å². The molecule has 0 atom stereocenters. The molecule has 0 aliphatic rings. The van der Waals surface area contributed by atoms with Gasteiger partial charge in [0.15, 0.2) is 0 Å². The van der Waals surface area contributed by atoms with E-state index in [4.69, 9.17) is 23.2 Å². The first kappa shape index (κ1) is 20.8. The number of hydrogen-bond donors (Lipinski definition) is 2. The van der Waals surface area contributed by atoms with Crippen LogP contribution in [0.1, 0.15) is 0 Å². The first-order chi connectivity index (χ1) is 14.1. The lowest BCUT2D eigenvalue weighted by Gasteiger charge is -2.10. The van der Waals surface area contributed by atoms with Crippen molar-refractivity contribution in [3.05, 3.63) is 94.6 Å². The number of rotatable bonds is 6. The van der Waals surface area contributed by atoms with Crippen LogP contribution >= 0.6 is 35.0 Å². The standard InChI is InChI=1S/C22H15Cl2N3OS/c23-16-10-11-18(24)20(12-16)27-22(28)15(13-25)14-26-19-8-4-5-9-21(19)29-17-6-2-1-3-7-17/h1-12,14,26H,(H,27,28)/b15-14-. The Morgan fingerprint density at radius 1 is 0.966 bits per heavy atom. The van der Waals surface area contributed by atoms with E-state index < -0.39 is 5.91 Å². The van der Waals surface area contributed by atoms with E-state index in [0.717, 1.165) is 15.5 Å². The van der Waals surface area contributed by atoms with Crippen LogP contribution < -0.4 is 10.6 Å². The molecule has 1 amide bonds. The Morgan fingerprint density at radius 3 is 2.45 bits per heavy atom. The van der Waals surface area contributed by atoms with Crippen LogP contribution in [0.3, 0.4) is 0 Å². The summed E-state index contributed by atoms with van der Waals surface area (Å²) in [6, 6.07) is 24.2. The molecule has 0 aromatic heterocycles. The van der Waals surface area contributed by atoms with Crippen LogP contribution in [0.4, 0.5) is 11.4 Å². The number of para-hydroxylation sites is 1. The van der Waals surface area contributed by atoms with E-state index in [1.807, 2.05) is 60.7 Å². The van der Waals surface area contributed by atoms with Crippen LogP contribution in [0.25, 0.3) is 0 Å². The number of halogens is 2. The van der Waals surface area contributed by atoms with E-state index in [1.165, 1.54) is 12.3 Å². The minimum absolute atomic E-state index is 0.0967. The molecule has 0 fully saturated rings. The lowest BCUT2D eigenvalue weighted by molar-refractivity contribution is -0.112. The minimum Gasteiger partial charge on any atom is -0.359 e. The summed E-state index contributed by atoms with van der Waals surface area (Å²) >= 11 is 13.6. The predicted octanol–water partition coefficient (Wildman–Crippen LogP) is 6.60. The number of nitrogens with zero attached hydrogens (tertiary/aromatic N) is 1. The van der Waals surface area contributed by atoms with Gasteiger partial charge in [-0.3, -0.25) is 4.79 Å². The monoisotopic (exact) mass is 439 g/mol. The van der Waals surface area contributed by atoms with E-state index in [2.05, 4.69) is 10.6 Å². The van der Waals surface area contributed by atoms with Crippen molar-refractivity contribution < 1.29 is 4.79 Å². The Hall–Kier alpha value is -2.91. The van der Waals surface area contributed by atoms with Crippen LogP contribution in [0.15, 0.2) is 94.4 Å². The zero-order chi connectivity index (χ0) is 20.6. The van der Waals surface area contributed by atoms with Gasteiger partial charge in [-0.1, -0.05) is 65.3 Å². The van der Waals surface area contributed by atoms with Crippen molar-refractivity contribution in [1.29, 1.82) is 5.26 Å². The molecule has 0 saturated heterocycles. The second kappa shape index (κ2) is 10.0. The summed E-state index contributed by atoms with van der Waals surface area (Å²) in [5.74, 6) is -0.586. The molecule has 2 N–H and O–H groups in total. The molecule has 3 rings (SSSR count). The zero-order valence-electron chi connectivity index (χ0n) is 15.0. The summed E-state index contributed by atoms with van der Waals surface area (Å²) in [4.78, 5) is 14.5. The van der Waals surface area contributed by atoms with Gasteiger partial charge in [0.1, 0.15) is 11.6 Å².